The van der Waals surface area contributed by atoms with E-state index in [1.807, 2.05) is 54.6 Å². The molecule has 4 rings (SSSR count). The average molecular weight is 524 g/mol. The summed E-state index contributed by atoms with van der Waals surface area (Å²) in [5.41, 5.74) is 0.0735. The maximum atomic E-state index is 11.3. The minimum atomic E-state index is -2.35. The van der Waals surface area contributed by atoms with E-state index < -0.39 is 7.26 Å². The number of nitrogens with zero attached hydrogens (tertiary/aromatic N) is 1. The van der Waals surface area contributed by atoms with Crippen molar-refractivity contribution in [3.8, 4) is 11.5 Å². The Kier molecular flexibility index (Phi) is 7.85. The second-order valence-corrected chi connectivity index (χ2v) is 10.6. The van der Waals surface area contributed by atoms with Gasteiger partial charge in [-0.3, -0.25) is 10.1 Å². The van der Waals surface area contributed by atoms with Gasteiger partial charge in [-0.25, -0.2) is 0 Å². The number of hydrogen-bond donors (Lipinski definition) is 0. The van der Waals surface area contributed by atoms with Crippen LogP contribution in [0.25, 0.3) is 0 Å². The molecule has 0 heterocycles. The van der Waals surface area contributed by atoms with Crippen LogP contribution in [0, 0.1) is 10.1 Å². The molecule has 33 heavy (non-hydrogen) atoms. The lowest BCUT2D eigenvalue weighted by atomic mass is 10.3. The van der Waals surface area contributed by atoms with Crippen molar-refractivity contribution in [3.05, 3.63) is 113 Å². The maximum Gasteiger partial charge on any atom is 0.269 e. The van der Waals surface area contributed by atoms with Crippen molar-refractivity contribution in [2.75, 3.05) is 14.2 Å². The van der Waals surface area contributed by atoms with Crippen molar-refractivity contribution in [1.82, 2.24) is 0 Å². The zero-order valence-corrected chi connectivity index (χ0v) is 20.7. The van der Waals surface area contributed by atoms with E-state index in [0.29, 0.717) is 0 Å². The number of nitro benzene ring substituents is 1. The highest BCUT2D eigenvalue weighted by Crippen LogP contribution is 2.54. The molecule has 0 aliphatic carbocycles. The number of halogens is 1. The Hall–Kier alpha value is -3.21. The second kappa shape index (κ2) is 10.6. The fourth-order valence-electron chi connectivity index (χ4n) is 3.96. The number of benzene rings is 4. The van der Waals surface area contributed by atoms with E-state index in [1.165, 1.54) is 0 Å². The van der Waals surface area contributed by atoms with Crippen molar-refractivity contribution in [2.24, 2.45) is 0 Å². The van der Waals surface area contributed by atoms with Gasteiger partial charge in [-0.15, -0.1) is 0 Å². The Morgan fingerprint density at radius 3 is 1.33 bits per heavy atom. The van der Waals surface area contributed by atoms with E-state index in [9.17, 15) is 10.1 Å². The average Bonchev–Trinajstić information content (AvgIpc) is 2.86. The highest BCUT2D eigenvalue weighted by atomic mass is 79.9. The smallest absolute Gasteiger partial charge is 0.269 e. The topological polar surface area (TPSA) is 61.6 Å². The Labute approximate surface area is 204 Å². The van der Waals surface area contributed by atoms with Crippen LogP contribution in [-0.2, 0) is 0 Å². The first-order valence-electron chi connectivity index (χ1n) is 10.1. The van der Waals surface area contributed by atoms with E-state index in [2.05, 4.69) is 36.4 Å². The van der Waals surface area contributed by atoms with Crippen LogP contribution in [0.15, 0.2) is 103 Å². The first kappa shape index (κ1) is 24.4. The third kappa shape index (κ3) is 4.63. The highest BCUT2D eigenvalue weighted by Gasteiger charge is 2.48. The Balaban J connectivity index is 0.00000306. The first-order valence-corrected chi connectivity index (χ1v) is 11.9. The van der Waals surface area contributed by atoms with Crippen LogP contribution >= 0.6 is 7.26 Å². The van der Waals surface area contributed by atoms with Crippen LogP contribution in [-0.4, -0.2) is 19.1 Å². The van der Waals surface area contributed by atoms with Gasteiger partial charge in [0, 0.05) is 12.1 Å². The van der Waals surface area contributed by atoms with E-state index in [0.717, 1.165) is 32.7 Å². The number of hydrogen-bond acceptors (Lipinski definition) is 4. The van der Waals surface area contributed by atoms with Gasteiger partial charge in [-0.05, 0) is 72.8 Å². The molecule has 0 saturated heterocycles. The summed E-state index contributed by atoms with van der Waals surface area (Å²) in [7, 11) is 0.944. The molecule has 0 fully saturated rings. The molecular weight excluding hydrogens is 501 g/mol. The highest BCUT2D eigenvalue weighted by molar-refractivity contribution is 8.01. The standard InChI is InChI=1S/C26H23NO4P.BrH/c1-30-21-10-16-25(17-11-21)32(23-6-4-3-5-7-23,26-18-12-22(31-2)13-19-26)24-14-8-20(9-15-24)27(28)29;/h3-19H,1-2H3;1H/q+1;/p-1. The van der Waals surface area contributed by atoms with Gasteiger partial charge in [0.05, 0.1) is 19.1 Å². The summed E-state index contributed by atoms with van der Waals surface area (Å²) in [4.78, 5) is 10.9. The normalized spacial score (nSPS) is 10.7. The van der Waals surface area contributed by atoms with E-state index in [1.54, 1.807) is 26.4 Å². The summed E-state index contributed by atoms with van der Waals surface area (Å²) >= 11 is 0. The van der Waals surface area contributed by atoms with Crippen molar-refractivity contribution >= 4 is 34.2 Å². The number of non-ortho nitro benzene ring substituents is 1. The Morgan fingerprint density at radius 2 is 0.970 bits per heavy atom. The summed E-state index contributed by atoms with van der Waals surface area (Å²) in [6, 6.07) is 33.4. The number of methoxy groups -OCH3 is 2. The van der Waals surface area contributed by atoms with Crippen LogP contribution in [0.3, 0.4) is 0 Å². The number of rotatable bonds is 7. The zero-order valence-electron chi connectivity index (χ0n) is 18.2. The van der Waals surface area contributed by atoms with Crippen molar-refractivity contribution in [1.29, 1.82) is 0 Å². The van der Waals surface area contributed by atoms with Crippen LogP contribution < -0.4 is 47.7 Å². The summed E-state index contributed by atoms with van der Waals surface area (Å²) in [5.74, 6) is 1.55. The molecule has 7 heteroatoms. The molecular formula is C26H23BrNO4P. The molecule has 0 radical (unpaired) electrons. The van der Waals surface area contributed by atoms with Crippen LogP contribution in [0.1, 0.15) is 0 Å². The Morgan fingerprint density at radius 1 is 0.606 bits per heavy atom. The molecule has 4 aromatic carbocycles. The lowest BCUT2D eigenvalue weighted by Gasteiger charge is -2.27. The van der Waals surface area contributed by atoms with Gasteiger partial charge in [-0.2, -0.15) is 0 Å². The van der Waals surface area contributed by atoms with Gasteiger partial charge in [0.1, 0.15) is 40.0 Å². The summed E-state index contributed by atoms with van der Waals surface area (Å²) in [6.45, 7) is 0. The number of ether oxygens (including phenoxy) is 2. The first-order chi connectivity index (χ1) is 15.6. The molecule has 0 atom stereocenters. The molecule has 0 N–H and O–H groups in total. The van der Waals surface area contributed by atoms with Crippen LogP contribution in [0.2, 0.25) is 0 Å². The summed E-state index contributed by atoms with van der Waals surface area (Å²) in [5, 5.41) is 15.7. The van der Waals surface area contributed by atoms with E-state index in [4.69, 9.17) is 9.47 Å². The minimum Gasteiger partial charge on any atom is -1.00 e. The fraction of sp³-hybridized carbons (Fsp3) is 0.0769. The molecule has 0 bridgehead atoms. The van der Waals surface area contributed by atoms with Crippen molar-refractivity contribution in [3.63, 3.8) is 0 Å². The molecule has 4 aromatic rings. The molecule has 0 aliphatic rings. The predicted octanol–water partition coefficient (Wildman–Crippen LogP) is 1.24. The second-order valence-electron chi connectivity index (χ2n) is 7.18. The quantitative estimate of drug-likeness (QED) is 0.208. The lowest BCUT2D eigenvalue weighted by Crippen LogP contribution is -3.00. The monoisotopic (exact) mass is 523 g/mol. The maximum absolute atomic E-state index is 11.3. The lowest BCUT2D eigenvalue weighted by molar-refractivity contribution is -0.384. The molecule has 0 unspecified atom stereocenters. The largest absolute Gasteiger partial charge is 1.00 e. The van der Waals surface area contributed by atoms with Crippen LogP contribution in [0.4, 0.5) is 5.69 Å². The summed E-state index contributed by atoms with van der Waals surface area (Å²) in [6.07, 6.45) is 0. The number of nitro groups is 1. The van der Waals surface area contributed by atoms with Crippen LogP contribution in [0.5, 0.6) is 11.5 Å². The summed E-state index contributed by atoms with van der Waals surface area (Å²) < 4.78 is 10.8. The SMILES string of the molecule is COc1ccc([P+](c2ccccc2)(c2ccc(OC)cc2)c2ccc([N+](=O)[O-])cc2)cc1.[Br-]. The predicted molar refractivity (Wildman–Crippen MR) is 131 cm³/mol. The molecule has 5 nitrogen and oxygen atoms in total. The Bertz CT molecular complexity index is 1150. The molecule has 0 aromatic heterocycles. The minimum absolute atomic E-state index is 0. The van der Waals surface area contributed by atoms with Gasteiger partial charge >= 0.3 is 0 Å². The van der Waals surface area contributed by atoms with Gasteiger partial charge in [0.15, 0.2) is 0 Å². The van der Waals surface area contributed by atoms with Gasteiger partial charge in [0.25, 0.3) is 5.69 Å². The van der Waals surface area contributed by atoms with Crippen molar-refractivity contribution in [2.45, 2.75) is 0 Å². The molecule has 0 spiro atoms. The fourth-order valence-corrected chi connectivity index (χ4v) is 8.15. The van der Waals surface area contributed by atoms with Gasteiger partial charge < -0.3 is 26.5 Å². The van der Waals surface area contributed by atoms with Gasteiger partial charge in [-0.1, -0.05) is 18.2 Å². The molecule has 168 valence electrons. The third-order valence-electron chi connectivity index (χ3n) is 5.51. The molecule has 0 amide bonds. The molecule has 0 aliphatic heterocycles. The van der Waals surface area contributed by atoms with E-state index in [-0.39, 0.29) is 27.6 Å². The van der Waals surface area contributed by atoms with Gasteiger partial charge in [0.2, 0.25) is 0 Å². The van der Waals surface area contributed by atoms with E-state index >= 15 is 0 Å². The van der Waals surface area contributed by atoms with Crippen molar-refractivity contribution < 1.29 is 31.4 Å². The zero-order chi connectivity index (χ0) is 22.6. The molecule has 0 saturated carbocycles. The third-order valence-corrected chi connectivity index (χ3v) is 9.80.